The Bertz CT molecular complexity index is 883. The van der Waals surface area contributed by atoms with E-state index < -0.39 is 11.7 Å². The summed E-state index contributed by atoms with van der Waals surface area (Å²) in [5.41, 5.74) is 2.40. The molecule has 26 heavy (non-hydrogen) atoms. The third kappa shape index (κ3) is 3.70. The Labute approximate surface area is 152 Å². The Morgan fingerprint density at radius 3 is 2.23 bits per heavy atom. The predicted molar refractivity (Wildman–Crippen MR) is 96.1 cm³/mol. The van der Waals surface area contributed by atoms with Crippen molar-refractivity contribution in [3.05, 3.63) is 51.6 Å². The molecule has 0 unspecified atom stereocenters. The van der Waals surface area contributed by atoms with Gasteiger partial charge in [-0.25, -0.2) is 4.79 Å². The van der Waals surface area contributed by atoms with E-state index in [1.165, 1.54) is 26.2 Å². The second-order valence-electron chi connectivity index (χ2n) is 6.21. The van der Waals surface area contributed by atoms with Crippen LogP contribution in [0.1, 0.15) is 49.9 Å². The summed E-state index contributed by atoms with van der Waals surface area (Å²) in [5.74, 6) is -1.20. The molecule has 2 N–H and O–H groups in total. The van der Waals surface area contributed by atoms with E-state index in [1.807, 2.05) is 6.92 Å². The molecule has 0 aliphatic carbocycles. The second kappa shape index (κ2) is 7.58. The monoisotopic (exact) mass is 358 g/mol. The maximum absolute atomic E-state index is 12.6. The molecule has 6 nitrogen and oxygen atoms in total. The summed E-state index contributed by atoms with van der Waals surface area (Å²) in [5, 5.41) is 20.4. The van der Waals surface area contributed by atoms with E-state index in [1.54, 1.807) is 19.9 Å². The summed E-state index contributed by atoms with van der Waals surface area (Å²) < 4.78 is 10.4. The van der Waals surface area contributed by atoms with Crippen molar-refractivity contribution in [2.24, 2.45) is 0 Å². The minimum atomic E-state index is -0.786. The van der Waals surface area contributed by atoms with Crippen LogP contribution in [-0.4, -0.2) is 29.1 Å². The lowest BCUT2D eigenvalue weighted by Crippen LogP contribution is -2.12. The molecule has 2 rings (SSSR count). The van der Waals surface area contributed by atoms with Crippen LogP contribution in [0.3, 0.4) is 0 Å². The second-order valence-corrected chi connectivity index (χ2v) is 6.21. The average molecular weight is 358 g/mol. The largest absolute Gasteiger partial charge is 0.507 e. The van der Waals surface area contributed by atoms with Crippen molar-refractivity contribution in [1.29, 1.82) is 0 Å². The van der Waals surface area contributed by atoms with Gasteiger partial charge in [0.15, 0.2) is 5.78 Å². The van der Waals surface area contributed by atoms with E-state index in [4.69, 9.17) is 9.47 Å². The highest BCUT2D eigenvalue weighted by atomic mass is 16.5. The smallest absolute Gasteiger partial charge is 0.347 e. The quantitative estimate of drug-likeness (QED) is 0.482. The van der Waals surface area contributed by atoms with Crippen LogP contribution in [0, 0.1) is 20.8 Å². The van der Waals surface area contributed by atoms with E-state index in [9.17, 15) is 19.8 Å². The topological polar surface area (TPSA) is 93.1 Å². The lowest BCUT2D eigenvalue weighted by molar-refractivity contribution is 0.0728. The minimum Gasteiger partial charge on any atom is -0.507 e. The molecule has 0 spiro atoms. The predicted octanol–water partition coefficient (Wildman–Crippen LogP) is 3.59. The molecule has 0 saturated heterocycles. The van der Waals surface area contributed by atoms with Gasteiger partial charge in [-0.05, 0) is 62.6 Å². The van der Waals surface area contributed by atoms with Crippen molar-refractivity contribution in [2.75, 3.05) is 7.11 Å². The summed E-state index contributed by atoms with van der Waals surface area (Å²) in [6, 6.07) is 4.58. The van der Waals surface area contributed by atoms with Gasteiger partial charge in [-0.1, -0.05) is 0 Å². The van der Waals surface area contributed by atoms with Crippen molar-refractivity contribution in [3.8, 4) is 17.2 Å². The van der Waals surface area contributed by atoms with Crippen molar-refractivity contribution in [1.82, 2.24) is 0 Å². The first-order chi connectivity index (χ1) is 12.2. The van der Waals surface area contributed by atoms with E-state index >= 15 is 0 Å². The molecule has 0 heterocycles. The molecule has 6 heteroatoms. The number of benzene rings is 2. The number of ether oxygens (including phenoxy) is 2. The number of phenols is 2. The number of hydrogen-bond donors (Lipinski definition) is 2. The highest BCUT2D eigenvalue weighted by Gasteiger charge is 2.22. The highest BCUT2D eigenvalue weighted by molar-refractivity contribution is 5.97. The Kier molecular flexibility index (Phi) is 5.67. The number of Topliss-reactive ketones (excluding diaryl/α,β-unsaturated/α-hetero) is 1. The van der Waals surface area contributed by atoms with Gasteiger partial charge in [-0.3, -0.25) is 4.79 Å². The Morgan fingerprint density at radius 1 is 1.00 bits per heavy atom. The fraction of sp³-hybridized carbons (Fsp3) is 0.300. The van der Waals surface area contributed by atoms with E-state index in [0.717, 1.165) is 11.1 Å². The number of esters is 1. The fourth-order valence-corrected chi connectivity index (χ4v) is 2.59. The van der Waals surface area contributed by atoms with Crippen molar-refractivity contribution >= 4 is 11.8 Å². The van der Waals surface area contributed by atoms with Crippen molar-refractivity contribution in [3.63, 3.8) is 0 Å². The molecule has 0 bridgehead atoms. The molecule has 138 valence electrons. The summed E-state index contributed by atoms with van der Waals surface area (Å²) in [6.45, 7) is 6.58. The van der Waals surface area contributed by atoms with E-state index in [-0.39, 0.29) is 35.0 Å². The maximum Gasteiger partial charge on any atom is 0.347 e. The number of aryl methyl sites for hydroxylation is 2. The zero-order chi connectivity index (χ0) is 19.6. The van der Waals surface area contributed by atoms with Crippen LogP contribution in [0.5, 0.6) is 17.2 Å². The Hall–Kier alpha value is -2.86. The molecular formula is C20H22O6. The van der Waals surface area contributed by atoms with Gasteiger partial charge in [0.2, 0.25) is 0 Å². The first-order valence-corrected chi connectivity index (χ1v) is 8.05. The zero-order valence-corrected chi connectivity index (χ0v) is 15.5. The van der Waals surface area contributed by atoms with Crippen LogP contribution in [-0.2, 0) is 11.3 Å². The first kappa shape index (κ1) is 19.5. The van der Waals surface area contributed by atoms with Crippen molar-refractivity contribution < 1.29 is 29.3 Å². The van der Waals surface area contributed by atoms with Gasteiger partial charge in [0, 0.05) is 12.7 Å². The van der Waals surface area contributed by atoms with Gasteiger partial charge < -0.3 is 19.7 Å². The molecule has 2 aromatic carbocycles. The van der Waals surface area contributed by atoms with Crippen LogP contribution in [0.15, 0.2) is 18.2 Å². The van der Waals surface area contributed by atoms with Crippen LogP contribution >= 0.6 is 0 Å². The number of phenolic OH excluding ortho intramolecular Hbond substituents is 2. The van der Waals surface area contributed by atoms with E-state index in [0.29, 0.717) is 11.1 Å². The lowest BCUT2D eigenvalue weighted by atomic mass is 10.0. The van der Waals surface area contributed by atoms with Gasteiger partial charge in [0.1, 0.15) is 22.8 Å². The third-order valence-corrected chi connectivity index (χ3v) is 4.30. The number of carbonyl (C=O) groups excluding carboxylic acids is 2. The van der Waals surface area contributed by atoms with Crippen LogP contribution in [0.4, 0.5) is 0 Å². The third-order valence-electron chi connectivity index (χ3n) is 4.30. The number of aromatic hydroxyl groups is 2. The van der Waals surface area contributed by atoms with Gasteiger partial charge in [0.25, 0.3) is 0 Å². The molecular weight excluding hydrogens is 336 g/mol. The van der Waals surface area contributed by atoms with Crippen LogP contribution < -0.4 is 4.74 Å². The Balaban J connectivity index is 2.47. The number of methoxy groups -OCH3 is 1. The maximum atomic E-state index is 12.6. The minimum absolute atomic E-state index is 0.0580. The lowest BCUT2D eigenvalue weighted by Gasteiger charge is -2.15. The average Bonchev–Trinajstić information content (AvgIpc) is 2.58. The normalized spacial score (nSPS) is 10.7. The molecule has 0 aliphatic heterocycles. The highest BCUT2D eigenvalue weighted by Crippen LogP contribution is 2.35. The van der Waals surface area contributed by atoms with Gasteiger partial charge in [0.05, 0.1) is 12.2 Å². The van der Waals surface area contributed by atoms with Gasteiger partial charge in [-0.2, -0.15) is 0 Å². The molecule has 0 fully saturated rings. The van der Waals surface area contributed by atoms with Gasteiger partial charge in [-0.15, -0.1) is 0 Å². The fourth-order valence-electron chi connectivity index (χ4n) is 2.59. The molecule has 0 aliphatic rings. The van der Waals surface area contributed by atoms with Crippen molar-refractivity contribution in [2.45, 2.75) is 34.3 Å². The molecule has 0 aromatic heterocycles. The summed E-state index contributed by atoms with van der Waals surface area (Å²) in [6.07, 6.45) is 0. The number of carbonyl (C=O) groups is 2. The number of hydrogen-bond acceptors (Lipinski definition) is 6. The summed E-state index contributed by atoms with van der Waals surface area (Å²) in [4.78, 5) is 24.3. The molecule has 0 atom stereocenters. The van der Waals surface area contributed by atoms with Gasteiger partial charge >= 0.3 is 5.97 Å². The zero-order valence-electron chi connectivity index (χ0n) is 15.5. The molecule has 0 saturated carbocycles. The first-order valence-electron chi connectivity index (χ1n) is 8.05. The molecule has 2 aromatic rings. The SMILES string of the molecule is COCc1c(O)c(C)cc(C(=O)Oc2cc(C(C)=O)cc(C)c2C)c1O. The van der Waals surface area contributed by atoms with E-state index in [2.05, 4.69) is 0 Å². The van der Waals surface area contributed by atoms with Crippen LogP contribution in [0.2, 0.25) is 0 Å². The standard InChI is InChI=1S/C20H22O6/c1-10-6-14(13(4)21)8-17(12(10)3)26-20(24)15-7-11(2)18(22)16(9-25-5)19(15)23/h6-8,22-23H,9H2,1-5H3. The summed E-state index contributed by atoms with van der Waals surface area (Å²) in [7, 11) is 1.42. The Morgan fingerprint density at radius 2 is 1.65 bits per heavy atom. The van der Waals surface area contributed by atoms with Crippen LogP contribution in [0.25, 0.3) is 0 Å². The number of ketones is 1. The number of rotatable bonds is 5. The molecule has 0 radical (unpaired) electrons. The summed E-state index contributed by atoms with van der Waals surface area (Å²) >= 11 is 0. The molecule has 0 amide bonds.